The molecule has 1 amide bonds. The number of carbonyl (C=O) groups is 1. The molecule has 0 unspecified atom stereocenters. The zero-order valence-electron chi connectivity index (χ0n) is 10.8. The van der Waals surface area contributed by atoms with Gasteiger partial charge in [-0.25, -0.2) is 5.43 Å². The maximum atomic E-state index is 11.4. The molecule has 2 aromatic carbocycles. The Balaban J connectivity index is 1.94. The maximum Gasteiger partial charge on any atom is 0.277 e. The summed E-state index contributed by atoms with van der Waals surface area (Å²) in [6.45, 7) is 1.90. The molecule has 0 aliphatic heterocycles. The Labute approximate surface area is 112 Å². The van der Waals surface area contributed by atoms with E-state index in [0.717, 1.165) is 17.2 Å². The van der Waals surface area contributed by atoms with Crippen LogP contribution in [0.1, 0.15) is 13.3 Å². The van der Waals surface area contributed by atoms with Gasteiger partial charge in [-0.1, -0.05) is 37.3 Å². The second kappa shape index (κ2) is 6.54. The molecule has 0 aliphatic rings. The predicted octanol–water partition coefficient (Wildman–Crippen LogP) is 2.73. The van der Waals surface area contributed by atoms with Gasteiger partial charge in [-0.15, -0.1) is 0 Å². The first kappa shape index (κ1) is 13.1. The average molecular weight is 256 g/mol. The molecule has 0 saturated heterocycles. The summed E-state index contributed by atoms with van der Waals surface area (Å²) in [5.74, 6) is 0.408. The molecule has 2 aromatic rings. The fourth-order valence-corrected chi connectivity index (χ4v) is 1.65. The second-order valence-corrected chi connectivity index (χ2v) is 4.05. The van der Waals surface area contributed by atoms with Crippen LogP contribution in [0.4, 0.5) is 0 Å². The molecule has 4 heteroatoms. The Hall–Kier alpha value is -2.36. The molecule has 1 N–H and O–H groups in total. The van der Waals surface area contributed by atoms with Crippen LogP contribution < -0.4 is 10.2 Å². The lowest BCUT2D eigenvalue weighted by Crippen LogP contribution is -2.24. The Morgan fingerprint density at radius 3 is 2.84 bits per heavy atom. The molecule has 2 rings (SSSR count). The van der Waals surface area contributed by atoms with E-state index in [1.165, 1.54) is 0 Å². The van der Waals surface area contributed by atoms with E-state index < -0.39 is 0 Å². The van der Waals surface area contributed by atoms with Gasteiger partial charge in [0.05, 0.1) is 0 Å². The molecular weight excluding hydrogens is 240 g/mol. The van der Waals surface area contributed by atoms with Crippen LogP contribution in [0.2, 0.25) is 0 Å². The van der Waals surface area contributed by atoms with Gasteiger partial charge in [-0.05, 0) is 29.3 Å². The number of carbonyl (C=O) groups excluding carboxylic acids is 1. The summed E-state index contributed by atoms with van der Waals surface area (Å²) in [5.41, 5.74) is 2.40. The number of nitrogens with one attached hydrogen (secondary N) is 1. The second-order valence-electron chi connectivity index (χ2n) is 4.05. The Morgan fingerprint density at radius 1 is 1.26 bits per heavy atom. The molecule has 0 bridgehead atoms. The molecular formula is C15H16N2O2. The highest BCUT2D eigenvalue weighted by Gasteiger charge is 2.02. The maximum absolute atomic E-state index is 11.4. The van der Waals surface area contributed by atoms with Crippen LogP contribution in [0.25, 0.3) is 10.8 Å². The third-order valence-corrected chi connectivity index (χ3v) is 2.55. The number of hydrogen-bond donors (Lipinski definition) is 1. The van der Waals surface area contributed by atoms with Crippen molar-refractivity contribution in [2.24, 2.45) is 5.10 Å². The van der Waals surface area contributed by atoms with Gasteiger partial charge >= 0.3 is 0 Å². The molecule has 0 aliphatic carbocycles. The van der Waals surface area contributed by atoms with Crippen molar-refractivity contribution in [3.05, 3.63) is 42.5 Å². The highest BCUT2D eigenvalue weighted by Crippen LogP contribution is 2.20. The summed E-state index contributed by atoms with van der Waals surface area (Å²) < 4.78 is 5.42. The number of hydrogen-bond acceptors (Lipinski definition) is 3. The van der Waals surface area contributed by atoms with Gasteiger partial charge in [0.25, 0.3) is 5.91 Å². The van der Waals surface area contributed by atoms with Gasteiger partial charge < -0.3 is 4.74 Å². The van der Waals surface area contributed by atoms with Crippen molar-refractivity contribution in [2.75, 3.05) is 6.61 Å². The summed E-state index contributed by atoms with van der Waals surface area (Å²) in [6.07, 6.45) is 2.42. The van der Waals surface area contributed by atoms with Crippen LogP contribution in [0.3, 0.4) is 0 Å². The van der Waals surface area contributed by atoms with Crippen molar-refractivity contribution in [3.63, 3.8) is 0 Å². The van der Waals surface area contributed by atoms with Crippen LogP contribution in [0.5, 0.6) is 5.75 Å². The molecule has 98 valence electrons. The topological polar surface area (TPSA) is 50.7 Å². The van der Waals surface area contributed by atoms with Crippen LogP contribution in [0.15, 0.2) is 47.6 Å². The summed E-state index contributed by atoms with van der Waals surface area (Å²) in [4.78, 5) is 11.4. The first-order valence-electron chi connectivity index (χ1n) is 6.21. The minimum atomic E-state index is -0.266. The van der Waals surface area contributed by atoms with Gasteiger partial charge in [-0.2, -0.15) is 5.10 Å². The summed E-state index contributed by atoms with van der Waals surface area (Å²) in [6, 6.07) is 13.7. The molecule has 0 heterocycles. The Bertz CT molecular complexity index is 593. The molecule has 0 fully saturated rings. The molecule has 19 heavy (non-hydrogen) atoms. The smallest absolute Gasteiger partial charge is 0.277 e. The summed E-state index contributed by atoms with van der Waals surface area (Å²) in [7, 11) is 0. The quantitative estimate of drug-likeness (QED) is 0.660. The van der Waals surface area contributed by atoms with Crippen molar-refractivity contribution in [3.8, 4) is 5.75 Å². The lowest BCUT2D eigenvalue weighted by molar-refractivity contribution is -0.123. The zero-order chi connectivity index (χ0) is 13.5. The van der Waals surface area contributed by atoms with Gasteiger partial charge in [0.15, 0.2) is 6.61 Å². The van der Waals surface area contributed by atoms with Gasteiger partial charge in [0, 0.05) is 6.21 Å². The van der Waals surface area contributed by atoms with Gasteiger partial charge in [0.1, 0.15) is 5.75 Å². The monoisotopic (exact) mass is 256 g/mol. The summed E-state index contributed by atoms with van der Waals surface area (Å²) in [5, 5.41) is 5.98. The van der Waals surface area contributed by atoms with Gasteiger partial charge in [-0.3, -0.25) is 4.79 Å². The van der Waals surface area contributed by atoms with E-state index in [2.05, 4.69) is 10.5 Å². The third kappa shape index (κ3) is 3.81. The molecule has 0 aromatic heterocycles. The number of benzene rings is 2. The van der Waals surface area contributed by atoms with E-state index in [4.69, 9.17) is 4.74 Å². The van der Waals surface area contributed by atoms with Crippen molar-refractivity contribution < 1.29 is 9.53 Å². The third-order valence-electron chi connectivity index (χ3n) is 2.55. The van der Waals surface area contributed by atoms with Crippen molar-refractivity contribution in [2.45, 2.75) is 13.3 Å². The number of ether oxygens (including phenoxy) is 1. The van der Waals surface area contributed by atoms with Crippen molar-refractivity contribution in [1.29, 1.82) is 0 Å². The van der Waals surface area contributed by atoms with E-state index >= 15 is 0 Å². The number of amides is 1. The summed E-state index contributed by atoms with van der Waals surface area (Å²) >= 11 is 0. The zero-order valence-corrected chi connectivity index (χ0v) is 10.8. The predicted molar refractivity (Wildman–Crippen MR) is 76.4 cm³/mol. The SMILES string of the molecule is CC/C=N/NC(=O)COc1ccc2ccccc2c1. The lowest BCUT2D eigenvalue weighted by Gasteiger charge is -2.06. The van der Waals surface area contributed by atoms with Crippen LogP contribution in [-0.4, -0.2) is 18.7 Å². The molecule has 0 spiro atoms. The largest absolute Gasteiger partial charge is 0.484 e. The molecule has 4 nitrogen and oxygen atoms in total. The number of hydrazone groups is 1. The fraction of sp³-hybridized carbons (Fsp3) is 0.200. The Morgan fingerprint density at radius 2 is 2.05 bits per heavy atom. The highest BCUT2D eigenvalue weighted by molar-refractivity contribution is 5.84. The van der Waals surface area contributed by atoms with Crippen LogP contribution >= 0.6 is 0 Å². The molecule has 0 atom stereocenters. The van der Waals surface area contributed by atoms with Crippen LogP contribution in [0, 0.1) is 0 Å². The van der Waals surface area contributed by atoms with E-state index in [1.807, 2.05) is 49.4 Å². The minimum Gasteiger partial charge on any atom is -0.484 e. The normalized spacial score (nSPS) is 10.8. The van der Waals surface area contributed by atoms with E-state index in [9.17, 15) is 4.79 Å². The fourth-order valence-electron chi connectivity index (χ4n) is 1.65. The first-order chi connectivity index (χ1) is 9.29. The average Bonchev–Trinajstić information content (AvgIpc) is 2.45. The highest BCUT2D eigenvalue weighted by atomic mass is 16.5. The number of nitrogens with zero attached hydrogens (tertiary/aromatic N) is 1. The number of rotatable bonds is 5. The first-order valence-corrected chi connectivity index (χ1v) is 6.21. The van der Waals surface area contributed by atoms with Crippen molar-refractivity contribution in [1.82, 2.24) is 5.43 Å². The Kier molecular flexibility index (Phi) is 4.50. The molecule has 0 radical (unpaired) electrons. The number of fused-ring (bicyclic) bond motifs is 1. The standard InChI is InChI=1S/C15H16N2O2/c1-2-9-16-17-15(18)11-19-14-8-7-12-5-3-4-6-13(12)10-14/h3-10H,2,11H2,1H3,(H,17,18)/b16-9+. The van der Waals surface area contributed by atoms with Gasteiger partial charge in [0.2, 0.25) is 0 Å². The lowest BCUT2D eigenvalue weighted by atomic mass is 10.1. The minimum absolute atomic E-state index is 0.0423. The molecule has 0 saturated carbocycles. The van der Waals surface area contributed by atoms with E-state index in [0.29, 0.717) is 5.75 Å². The van der Waals surface area contributed by atoms with E-state index in [1.54, 1.807) is 6.21 Å². The van der Waals surface area contributed by atoms with Crippen molar-refractivity contribution >= 4 is 22.9 Å². The van der Waals surface area contributed by atoms with E-state index in [-0.39, 0.29) is 12.5 Å². The van der Waals surface area contributed by atoms with Crippen LogP contribution in [-0.2, 0) is 4.79 Å².